The molecule has 23 heavy (non-hydrogen) atoms. The fraction of sp³-hybridized carbons (Fsp3) is 0.250. The van der Waals surface area contributed by atoms with Crippen molar-refractivity contribution < 1.29 is 23.7 Å². The molecule has 7 heteroatoms. The Balaban J connectivity index is 2.19. The van der Waals surface area contributed by atoms with Gasteiger partial charge in [0.2, 0.25) is 0 Å². The lowest BCUT2D eigenvalue weighted by Gasteiger charge is -2.02. The largest absolute Gasteiger partial charge is 0.462 e. The van der Waals surface area contributed by atoms with E-state index in [1.807, 2.05) is 0 Å². The van der Waals surface area contributed by atoms with Crippen LogP contribution in [0.25, 0.3) is 0 Å². The molecule has 0 amide bonds. The molecular weight excluding hydrogens is 300 g/mol. The Morgan fingerprint density at radius 3 is 2.57 bits per heavy atom. The van der Waals surface area contributed by atoms with Crippen LogP contribution in [-0.2, 0) is 9.57 Å². The highest BCUT2D eigenvalue weighted by atomic mass is 16.7. The number of nitrogens with zero attached hydrogens (tertiary/aromatic N) is 2. The van der Waals surface area contributed by atoms with Crippen LogP contribution in [0.1, 0.15) is 46.0 Å². The highest BCUT2D eigenvalue weighted by molar-refractivity contribution is 6.06. The lowest BCUT2D eigenvalue weighted by molar-refractivity contribution is 0.0514. The zero-order valence-electron chi connectivity index (χ0n) is 13.0. The van der Waals surface area contributed by atoms with Crippen LogP contribution in [0.5, 0.6) is 0 Å². The molecule has 0 atom stereocenters. The van der Waals surface area contributed by atoms with Crippen LogP contribution in [0.15, 0.2) is 40.0 Å². The minimum atomic E-state index is -0.612. The molecule has 0 aliphatic heterocycles. The summed E-state index contributed by atoms with van der Waals surface area (Å²) in [5, 5.41) is 7.44. The first-order chi connectivity index (χ1) is 11.0. The van der Waals surface area contributed by atoms with Gasteiger partial charge in [-0.2, -0.15) is 0 Å². The van der Waals surface area contributed by atoms with E-state index in [0.29, 0.717) is 11.3 Å². The minimum absolute atomic E-state index is 0.113. The van der Waals surface area contributed by atoms with Gasteiger partial charge in [-0.15, -0.1) is 0 Å². The number of hydrogen-bond acceptors (Lipinski definition) is 7. The van der Waals surface area contributed by atoms with Gasteiger partial charge >= 0.3 is 11.9 Å². The van der Waals surface area contributed by atoms with E-state index in [0.717, 1.165) is 0 Å². The quantitative estimate of drug-likeness (QED) is 0.364. The standard InChI is InChI=1S/C16H16N2O5/c1-4-21-16(20)13-10(2)17-22-14(13)11(3)18-23-15(19)12-8-6-5-7-9-12/h5-9H,4H2,1-3H3/b18-11+. The van der Waals surface area contributed by atoms with Gasteiger partial charge in [0.1, 0.15) is 11.3 Å². The Labute approximate surface area is 132 Å². The third kappa shape index (κ3) is 3.82. The van der Waals surface area contributed by atoms with E-state index in [1.54, 1.807) is 51.1 Å². The van der Waals surface area contributed by atoms with E-state index in [2.05, 4.69) is 10.3 Å². The topological polar surface area (TPSA) is 91.0 Å². The third-order valence-corrected chi connectivity index (χ3v) is 2.95. The number of aryl methyl sites for hydroxylation is 1. The number of oxime groups is 1. The van der Waals surface area contributed by atoms with E-state index < -0.39 is 11.9 Å². The van der Waals surface area contributed by atoms with Gasteiger partial charge < -0.3 is 14.1 Å². The lowest BCUT2D eigenvalue weighted by Crippen LogP contribution is -2.11. The van der Waals surface area contributed by atoms with Crippen LogP contribution in [0.3, 0.4) is 0 Å². The molecular formula is C16H16N2O5. The summed E-state index contributed by atoms with van der Waals surface area (Å²) in [5.41, 5.74) is 1.12. The van der Waals surface area contributed by atoms with Crippen LogP contribution < -0.4 is 0 Å². The number of carbonyl (C=O) groups is 2. The van der Waals surface area contributed by atoms with E-state index in [-0.39, 0.29) is 23.6 Å². The van der Waals surface area contributed by atoms with Gasteiger partial charge in [0.25, 0.3) is 0 Å². The normalized spacial score (nSPS) is 11.2. The molecule has 0 aliphatic rings. The molecule has 0 bridgehead atoms. The molecule has 1 heterocycles. The minimum Gasteiger partial charge on any atom is -0.462 e. The maximum atomic E-state index is 11.9. The molecule has 0 spiro atoms. The van der Waals surface area contributed by atoms with Gasteiger partial charge in [-0.25, -0.2) is 9.59 Å². The van der Waals surface area contributed by atoms with E-state index >= 15 is 0 Å². The van der Waals surface area contributed by atoms with Crippen molar-refractivity contribution in [3.63, 3.8) is 0 Å². The summed E-state index contributed by atoms with van der Waals surface area (Å²) in [4.78, 5) is 28.6. The fourth-order valence-electron chi connectivity index (χ4n) is 1.84. The van der Waals surface area contributed by atoms with Gasteiger partial charge in [0.15, 0.2) is 5.76 Å². The van der Waals surface area contributed by atoms with Crippen LogP contribution in [0, 0.1) is 6.92 Å². The molecule has 0 radical (unpaired) electrons. The lowest BCUT2D eigenvalue weighted by atomic mass is 10.1. The molecule has 0 fully saturated rings. The summed E-state index contributed by atoms with van der Waals surface area (Å²) < 4.78 is 10.0. The Morgan fingerprint density at radius 1 is 1.22 bits per heavy atom. The van der Waals surface area contributed by atoms with Crippen LogP contribution >= 0.6 is 0 Å². The van der Waals surface area contributed by atoms with Gasteiger partial charge in [0.05, 0.1) is 17.9 Å². The second-order valence-corrected chi connectivity index (χ2v) is 4.61. The van der Waals surface area contributed by atoms with Crippen molar-refractivity contribution in [1.29, 1.82) is 0 Å². The first-order valence-corrected chi connectivity index (χ1v) is 6.99. The van der Waals surface area contributed by atoms with E-state index in [1.165, 1.54) is 0 Å². The number of hydrogen-bond donors (Lipinski definition) is 0. The fourth-order valence-corrected chi connectivity index (χ4v) is 1.84. The van der Waals surface area contributed by atoms with Crippen molar-refractivity contribution in [1.82, 2.24) is 5.16 Å². The van der Waals surface area contributed by atoms with Gasteiger partial charge in [-0.1, -0.05) is 28.5 Å². The molecule has 7 nitrogen and oxygen atoms in total. The SMILES string of the molecule is CCOC(=O)c1c(C)noc1/C(C)=N/OC(=O)c1ccccc1. The number of rotatable bonds is 5. The summed E-state index contributed by atoms with van der Waals surface area (Å²) in [6, 6.07) is 8.43. The van der Waals surface area contributed by atoms with Crippen molar-refractivity contribution in [3.05, 3.63) is 52.9 Å². The average Bonchev–Trinajstić information content (AvgIpc) is 2.95. The second-order valence-electron chi connectivity index (χ2n) is 4.61. The molecule has 120 valence electrons. The summed E-state index contributed by atoms with van der Waals surface area (Å²) in [5.74, 6) is -1.06. The van der Waals surface area contributed by atoms with Crippen molar-refractivity contribution in [3.8, 4) is 0 Å². The summed E-state index contributed by atoms with van der Waals surface area (Å²) in [7, 11) is 0. The monoisotopic (exact) mass is 316 g/mol. The molecule has 0 saturated carbocycles. The van der Waals surface area contributed by atoms with E-state index in [9.17, 15) is 9.59 Å². The Morgan fingerprint density at radius 2 is 1.91 bits per heavy atom. The number of carbonyl (C=O) groups excluding carboxylic acids is 2. The number of benzene rings is 1. The smallest absolute Gasteiger partial charge is 0.365 e. The second kappa shape index (κ2) is 7.35. The predicted octanol–water partition coefficient (Wildman–Crippen LogP) is 2.74. The Kier molecular flexibility index (Phi) is 5.24. The summed E-state index contributed by atoms with van der Waals surface area (Å²) >= 11 is 0. The molecule has 0 aliphatic carbocycles. The zero-order valence-corrected chi connectivity index (χ0v) is 13.0. The molecule has 2 rings (SSSR count). The zero-order chi connectivity index (χ0) is 16.8. The van der Waals surface area contributed by atoms with Gasteiger partial charge in [-0.05, 0) is 32.9 Å². The maximum absolute atomic E-state index is 11.9. The van der Waals surface area contributed by atoms with Gasteiger partial charge in [0, 0.05) is 0 Å². The average molecular weight is 316 g/mol. The summed E-state index contributed by atoms with van der Waals surface area (Å²) in [6.45, 7) is 5.08. The molecule has 0 N–H and O–H groups in total. The molecule has 0 unspecified atom stereocenters. The van der Waals surface area contributed by atoms with Crippen molar-refractivity contribution in [2.75, 3.05) is 6.61 Å². The molecule has 0 saturated heterocycles. The first-order valence-electron chi connectivity index (χ1n) is 6.99. The van der Waals surface area contributed by atoms with Crippen LogP contribution in [0.4, 0.5) is 0 Å². The first kappa shape index (κ1) is 16.4. The number of esters is 1. The van der Waals surface area contributed by atoms with Crippen LogP contribution in [-0.4, -0.2) is 29.4 Å². The van der Waals surface area contributed by atoms with Crippen LogP contribution in [0.2, 0.25) is 0 Å². The molecule has 2 aromatic rings. The van der Waals surface area contributed by atoms with Crippen molar-refractivity contribution >= 4 is 17.7 Å². The molecule has 1 aromatic carbocycles. The van der Waals surface area contributed by atoms with Gasteiger partial charge in [-0.3, -0.25) is 0 Å². The Bertz CT molecular complexity index is 734. The highest BCUT2D eigenvalue weighted by Gasteiger charge is 2.24. The Hall–Kier alpha value is -2.96. The summed E-state index contributed by atoms with van der Waals surface area (Å²) in [6.07, 6.45) is 0. The van der Waals surface area contributed by atoms with Crippen molar-refractivity contribution in [2.24, 2.45) is 5.16 Å². The highest BCUT2D eigenvalue weighted by Crippen LogP contribution is 2.16. The number of aromatic nitrogens is 1. The number of ether oxygens (including phenoxy) is 1. The van der Waals surface area contributed by atoms with Crippen molar-refractivity contribution in [2.45, 2.75) is 20.8 Å². The predicted molar refractivity (Wildman–Crippen MR) is 81.3 cm³/mol. The molecule has 1 aromatic heterocycles. The van der Waals surface area contributed by atoms with E-state index in [4.69, 9.17) is 14.1 Å². The third-order valence-electron chi connectivity index (χ3n) is 2.95. The maximum Gasteiger partial charge on any atom is 0.365 e.